The van der Waals surface area contributed by atoms with Gasteiger partial charge in [-0.05, 0) is 18.1 Å². The molecule has 4 rings (SSSR count). The summed E-state index contributed by atoms with van der Waals surface area (Å²) in [4.78, 5) is 33.0. The van der Waals surface area contributed by atoms with Crippen molar-refractivity contribution >= 4 is 0 Å². The van der Waals surface area contributed by atoms with Gasteiger partial charge in [0.2, 0.25) is 0 Å². The average molecular weight is 388 g/mol. The second-order valence-corrected chi connectivity index (χ2v) is 6.48. The highest BCUT2D eigenvalue weighted by atomic mass is 19.4. The first kappa shape index (κ1) is 18.2. The summed E-state index contributed by atoms with van der Waals surface area (Å²) in [6, 6.07) is 2.40. The normalized spacial score (nSPS) is 14.7. The number of nitrogens with zero attached hydrogens (tertiary/aromatic N) is 5. The van der Waals surface area contributed by atoms with E-state index in [0.717, 1.165) is 6.07 Å². The van der Waals surface area contributed by atoms with E-state index in [2.05, 4.69) is 24.9 Å². The lowest BCUT2D eigenvalue weighted by molar-refractivity contribution is -0.141. The van der Waals surface area contributed by atoms with Crippen molar-refractivity contribution in [3.8, 4) is 11.4 Å². The van der Waals surface area contributed by atoms with Gasteiger partial charge in [0.25, 0.3) is 5.56 Å². The topological polar surface area (TPSA) is 87.7 Å². The third kappa shape index (κ3) is 3.77. The maximum Gasteiger partial charge on any atom is 0.433 e. The number of hydrogen-bond donors (Lipinski definition) is 1. The van der Waals surface area contributed by atoms with Crippen LogP contribution in [0.3, 0.4) is 0 Å². The highest BCUT2D eigenvalue weighted by molar-refractivity contribution is 5.52. The summed E-state index contributed by atoms with van der Waals surface area (Å²) in [5.41, 5.74) is 1.43. The van der Waals surface area contributed by atoms with Gasteiger partial charge in [0, 0.05) is 43.8 Å². The quantitative estimate of drug-likeness (QED) is 0.740. The highest BCUT2D eigenvalue weighted by Crippen LogP contribution is 2.27. The number of halogens is 3. The minimum absolute atomic E-state index is 0.195. The monoisotopic (exact) mass is 388 g/mol. The van der Waals surface area contributed by atoms with E-state index in [0.29, 0.717) is 54.3 Å². The first-order valence-corrected chi connectivity index (χ1v) is 8.52. The molecule has 0 amide bonds. The second kappa shape index (κ2) is 7.12. The molecule has 28 heavy (non-hydrogen) atoms. The molecule has 1 aliphatic heterocycles. The SMILES string of the molecule is O=c1[nH]c(-c2cncnc2)nc2c1CCN(Cc1ccc(C(F)(F)F)nc1)C2. The Morgan fingerprint density at radius 1 is 1.14 bits per heavy atom. The van der Waals surface area contributed by atoms with Crippen LogP contribution in [0.5, 0.6) is 0 Å². The van der Waals surface area contributed by atoms with E-state index in [1.165, 1.54) is 18.6 Å². The first-order chi connectivity index (χ1) is 13.4. The van der Waals surface area contributed by atoms with Crippen LogP contribution in [0.4, 0.5) is 13.2 Å². The van der Waals surface area contributed by atoms with Crippen LogP contribution >= 0.6 is 0 Å². The summed E-state index contributed by atoms with van der Waals surface area (Å²) in [5, 5.41) is 0. The van der Waals surface area contributed by atoms with Crippen LogP contribution in [0.15, 0.2) is 41.8 Å². The summed E-state index contributed by atoms with van der Waals surface area (Å²) in [6.07, 6.45) is 1.80. The van der Waals surface area contributed by atoms with E-state index in [-0.39, 0.29) is 5.56 Å². The smallest absolute Gasteiger partial charge is 0.306 e. The molecule has 10 heteroatoms. The Bertz CT molecular complexity index is 1030. The molecule has 7 nitrogen and oxygen atoms in total. The van der Waals surface area contributed by atoms with E-state index in [1.54, 1.807) is 12.4 Å². The second-order valence-electron chi connectivity index (χ2n) is 6.48. The number of aromatic amines is 1. The van der Waals surface area contributed by atoms with E-state index >= 15 is 0 Å². The van der Waals surface area contributed by atoms with Crippen molar-refractivity contribution < 1.29 is 13.2 Å². The third-order valence-corrected chi connectivity index (χ3v) is 4.51. The molecule has 0 aliphatic carbocycles. The van der Waals surface area contributed by atoms with Gasteiger partial charge in [0.1, 0.15) is 17.8 Å². The summed E-state index contributed by atoms with van der Waals surface area (Å²) in [5.74, 6) is 0.391. The van der Waals surface area contributed by atoms with Gasteiger partial charge >= 0.3 is 6.18 Å². The molecular weight excluding hydrogens is 373 g/mol. The van der Waals surface area contributed by atoms with Crippen LogP contribution in [-0.2, 0) is 25.7 Å². The Labute approximate surface area is 157 Å². The largest absolute Gasteiger partial charge is 0.433 e. The molecule has 3 aromatic heterocycles. The van der Waals surface area contributed by atoms with Crippen LogP contribution in [0, 0.1) is 0 Å². The average Bonchev–Trinajstić information content (AvgIpc) is 2.68. The molecule has 4 heterocycles. The number of pyridine rings is 1. The van der Waals surface area contributed by atoms with Crippen molar-refractivity contribution in [3.63, 3.8) is 0 Å². The Morgan fingerprint density at radius 2 is 1.93 bits per heavy atom. The summed E-state index contributed by atoms with van der Waals surface area (Å²) in [6.45, 7) is 1.44. The van der Waals surface area contributed by atoms with E-state index in [4.69, 9.17) is 0 Å². The molecule has 1 aliphatic rings. The maximum absolute atomic E-state index is 12.6. The van der Waals surface area contributed by atoms with Crippen LogP contribution < -0.4 is 5.56 Å². The van der Waals surface area contributed by atoms with Gasteiger partial charge in [-0.1, -0.05) is 6.07 Å². The van der Waals surface area contributed by atoms with Crippen molar-refractivity contribution in [1.82, 2.24) is 29.8 Å². The van der Waals surface area contributed by atoms with Crippen molar-refractivity contribution in [2.45, 2.75) is 25.7 Å². The first-order valence-electron chi connectivity index (χ1n) is 8.52. The third-order valence-electron chi connectivity index (χ3n) is 4.51. The predicted octanol–water partition coefficient (Wildman–Crippen LogP) is 2.20. The lowest BCUT2D eigenvalue weighted by Gasteiger charge is -2.27. The van der Waals surface area contributed by atoms with Gasteiger partial charge in [-0.15, -0.1) is 0 Å². The molecule has 0 saturated heterocycles. The predicted molar refractivity (Wildman–Crippen MR) is 92.9 cm³/mol. The summed E-state index contributed by atoms with van der Waals surface area (Å²) >= 11 is 0. The molecule has 0 atom stereocenters. The molecule has 1 N–H and O–H groups in total. The van der Waals surface area contributed by atoms with Gasteiger partial charge < -0.3 is 4.98 Å². The fourth-order valence-corrected chi connectivity index (χ4v) is 3.13. The van der Waals surface area contributed by atoms with Crippen molar-refractivity contribution in [3.05, 3.63) is 69.9 Å². The molecule has 0 unspecified atom stereocenters. The van der Waals surface area contributed by atoms with Crippen molar-refractivity contribution in [1.29, 1.82) is 0 Å². The van der Waals surface area contributed by atoms with Crippen molar-refractivity contribution in [2.24, 2.45) is 0 Å². The van der Waals surface area contributed by atoms with Gasteiger partial charge in [-0.2, -0.15) is 13.2 Å². The molecule has 0 spiro atoms. The number of nitrogens with one attached hydrogen (secondary N) is 1. The fraction of sp³-hybridized carbons (Fsp3) is 0.278. The summed E-state index contributed by atoms with van der Waals surface area (Å²) in [7, 11) is 0. The molecular formula is C18H15F3N6O. The number of rotatable bonds is 3. The number of aromatic nitrogens is 5. The Hall–Kier alpha value is -3.14. The van der Waals surface area contributed by atoms with Crippen molar-refractivity contribution in [2.75, 3.05) is 6.54 Å². The van der Waals surface area contributed by atoms with E-state index in [9.17, 15) is 18.0 Å². The zero-order valence-electron chi connectivity index (χ0n) is 14.6. The molecule has 0 saturated carbocycles. The lowest BCUT2D eigenvalue weighted by Crippen LogP contribution is -2.35. The van der Waals surface area contributed by atoms with Crippen LogP contribution in [-0.4, -0.2) is 36.4 Å². The fourth-order valence-electron chi connectivity index (χ4n) is 3.13. The van der Waals surface area contributed by atoms with E-state index < -0.39 is 11.9 Å². The Balaban J connectivity index is 1.54. The number of fused-ring (bicyclic) bond motifs is 1. The molecule has 0 bridgehead atoms. The van der Waals surface area contributed by atoms with Gasteiger partial charge in [0.15, 0.2) is 0 Å². The van der Waals surface area contributed by atoms with Gasteiger partial charge in [-0.25, -0.2) is 15.0 Å². The zero-order valence-corrected chi connectivity index (χ0v) is 14.6. The molecule has 144 valence electrons. The van der Waals surface area contributed by atoms with Gasteiger partial charge in [0.05, 0.1) is 11.3 Å². The van der Waals surface area contributed by atoms with Crippen LogP contribution in [0.2, 0.25) is 0 Å². The zero-order chi connectivity index (χ0) is 19.7. The number of H-pyrrole nitrogens is 1. The molecule has 3 aromatic rings. The Kier molecular flexibility index (Phi) is 4.63. The maximum atomic E-state index is 12.6. The lowest BCUT2D eigenvalue weighted by atomic mass is 10.1. The minimum Gasteiger partial charge on any atom is -0.306 e. The summed E-state index contributed by atoms with van der Waals surface area (Å²) < 4.78 is 37.9. The molecule has 0 aromatic carbocycles. The van der Waals surface area contributed by atoms with Crippen LogP contribution in [0.25, 0.3) is 11.4 Å². The number of hydrogen-bond acceptors (Lipinski definition) is 6. The molecule has 0 radical (unpaired) electrons. The highest BCUT2D eigenvalue weighted by Gasteiger charge is 2.32. The Morgan fingerprint density at radius 3 is 2.61 bits per heavy atom. The standard InChI is InChI=1S/C18H15F3N6O/c19-18(20,21)15-2-1-11(5-24-15)8-27-4-3-13-14(9-27)25-16(26-17(13)28)12-6-22-10-23-7-12/h1-2,5-7,10H,3-4,8-9H2,(H,25,26,28). The number of alkyl halides is 3. The van der Waals surface area contributed by atoms with Crippen LogP contribution in [0.1, 0.15) is 22.5 Å². The molecule has 0 fully saturated rings. The minimum atomic E-state index is -4.45. The van der Waals surface area contributed by atoms with Gasteiger partial charge in [-0.3, -0.25) is 14.7 Å². The van der Waals surface area contributed by atoms with E-state index in [1.807, 2.05) is 4.90 Å².